The molecule has 0 saturated heterocycles. The van der Waals surface area contributed by atoms with Crippen LogP contribution in [0.2, 0.25) is 0 Å². The highest BCUT2D eigenvalue weighted by Crippen LogP contribution is 2.13. The van der Waals surface area contributed by atoms with Crippen LogP contribution in [-0.2, 0) is 9.47 Å². The smallest absolute Gasteiger partial charge is 0.320 e. The Morgan fingerprint density at radius 3 is 2.62 bits per heavy atom. The van der Waals surface area contributed by atoms with Crippen LogP contribution in [0.1, 0.15) is 24.0 Å². The molecule has 0 saturated carbocycles. The molecule has 0 aliphatic heterocycles. The monoisotopic (exact) mass is 356 g/mol. The van der Waals surface area contributed by atoms with E-state index in [0.717, 1.165) is 0 Å². The van der Waals surface area contributed by atoms with Gasteiger partial charge in [-0.15, -0.1) is 0 Å². The molecular formula is C19H24N4O3. The first-order valence-electron chi connectivity index (χ1n) is 8.36. The number of urea groups is 1. The minimum absolute atomic E-state index is 0.0160. The van der Waals surface area contributed by atoms with E-state index in [1.807, 2.05) is 30.3 Å². The summed E-state index contributed by atoms with van der Waals surface area (Å²) >= 11 is 0. The highest BCUT2D eigenvalue weighted by atomic mass is 16.5. The minimum atomic E-state index is -0.320. The van der Waals surface area contributed by atoms with Crippen LogP contribution in [0.5, 0.6) is 0 Å². The molecule has 0 radical (unpaired) electrons. The van der Waals surface area contributed by atoms with E-state index in [9.17, 15) is 4.79 Å². The molecule has 1 unspecified atom stereocenters. The summed E-state index contributed by atoms with van der Waals surface area (Å²) in [4.78, 5) is 16.1. The third-order valence-corrected chi connectivity index (χ3v) is 3.74. The van der Waals surface area contributed by atoms with Gasteiger partial charge in [0.2, 0.25) is 5.90 Å². The van der Waals surface area contributed by atoms with Crippen LogP contribution in [0.3, 0.4) is 0 Å². The van der Waals surface area contributed by atoms with Crippen molar-refractivity contribution in [3.63, 3.8) is 0 Å². The van der Waals surface area contributed by atoms with Gasteiger partial charge in [-0.3, -0.25) is 10.7 Å². The van der Waals surface area contributed by atoms with Gasteiger partial charge in [-0.05, 0) is 23.6 Å². The third-order valence-electron chi connectivity index (χ3n) is 3.74. The quantitative estimate of drug-likeness (QED) is 0.385. The van der Waals surface area contributed by atoms with Crippen molar-refractivity contribution in [1.29, 1.82) is 5.41 Å². The first-order chi connectivity index (χ1) is 12.6. The molecule has 1 aromatic carbocycles. The lowest BCUT2D eigenvalue weighted by Gasteiger charge is -2.13. The van der Waals surface area contributed by atoms with Crippen LogP contribution in [0, 0.1) is 5.41 Å². The first kappa shape index (κ1) is 19.4. The molecule has 0 aliphatic rings. The Kier molecular flexibility index (Phi) is 7.57. The van der Waals surface area contributed by atoms with Gasteiger partial charge >= 0.3 is 6.03 Å². The summed E-state index contributed by atoms with van der Waals surface area (Å²) in [7, 11) is 1.57. The van der Waals surface area contributed by atoms with E-state index in [2.05, 4.69) is 22.5 Å². The van der Waals surface area contributed by atoms with Gasteiger partial charge in [0.25, 0.3) is 0 Å². The van der Waals surface area contributed by atoms with Gasteiger partial charge in [-0.1, -0.05) is 37.3 Å². The number of carbonyl (C=O) groups excluding carboxylic acids is 1. The van der Waals surface area contributed by atoms with E-state index in [-0.39, 0.29) is 17.8 Å². The molecule has 138 valence electrons. The lowest BCUT2D eigenvalue weighted by atomic mass is 10.0. The maximum atomic E-state index is 12.0. The maximum absolute atomic E-state index is 12.0. The van der Waals surface area contributed by atoms with Gasteiger partial charge in [0, 0.05) is 19.9 Å². The molecule has 7 nitrogen and oxygen atoms in total. The Hall–Kier alpha value is -2.93. The number of anilines is 1. The molecular weight excluding hydrogens is 332 g/mol. The van der Waals surface area contributed by atoms with Gasteiger partial charge in [-0.2, -0.15) is 0 Å². The fourth-order valence-electron chi connectivity index (χ4n) is 2.22. The summed E-state index contributed by atoms with van der Waals surface area (Å²) in [6.07, 6.45) is 1.48. The van der Waals surface area contributed by atoms with Crippen molar-refractivity contribution in [1.82, 2.24) is 10.3 Å². The molecule has 26 heavy (non-hydrogen) atoms. The van der Waals surface area contributed by atoms with Crippen LogP contribution < -0.4 is 10.6 Å². The Labute approximate surface area is 153 Å². The number of methoxy groups -OCH3 is 1. The van der Waals surface area contributed by atoms with Crippen molar-refractivity contribution in [3.05, 3.63) is 59.8 Å². The number of nitrogens with zero attached hydrogens (tertiary/aromatic N) is 1. The number of pyridine rings is 1. The van der Waals surface area contributed by atoms with Gasteiger partial charge in [0.1, 0.15) is 12.4 Å². The summed E-state index contributed by atoms with van der Waals surface area (Å²) < 4.78 is 10.1. The van der Waals surface area contributed by atoms with Gasteiger partial charge < -0.3 is 14.8 Å². The molecule has 7 heteroatoms. The lowest BCUT2D eigenvalue weighted by molar-refractivity contribution is 0.141. The number of hydrogen-bond donors (Lipinski definition) is 3. The summed E-state index contributed by atoms with van der Waals surface area (Å²) in [5.74, 6) is 0.632. The Morgan fingerprint density at radius 1 is 1.19 bits per heavy atom. The fourth-order valence-corrected chi connectivity index (χ4v) is 2.22. The molecule has 2 aromatic rings. The number of aromatic nitrogens is 1. The lowest BCUT2D eigenvalue weighted by Crippen LogP contribution is -2.32. The highest BCUT2D eigenvalue weighted by Gasteiger charge is 2.09. The van der Waals surface area contributed by atoms with E-state index >= 15 is 0 Å². The van der Waals surface area contributed by atoms with Crippen molar-refractivity contribution < 1.29 is 14.3 Å². The number of rotatable bonds is 8. The van der Waals surface area contributed by atoms with Crippen LogP contribution in [0.15, 0.2) is 48.7 Å². The minimum Gasteiger partial charge on any atom is -0.475 e. The Balaban J connectivity index is 1.79. The van der Waals surface area contributed by atoms with Crippen molar-refractivity contribution in [3.8, 4) is 0 Å². The zero-order valence-corrected chi connectivity index (χ0v) is 15.0. The number of ether oxygens (including phenoxy) is 2. The second-order valence-corrected chi connectivity index (χ2v) is 5.75. The molecule has 0 bridgehead atoms. The molecule has 2 amide bonds. The Bertz CT molecular complexity index is 704. The standard InChI is InChI=1S/C19H24N4O3/c1-14(15-6-4-3-5-7-15)12-22-19(24)23-17-9-8-16(13-21-17)18(20)26-11-10-25-2/h3-9,13-14,20H,10-12H2,1-2H3,(H2,21,22,23,24). The zero-order chi connectivity index (χ0) is 18.8. The van der Waals surface area contributed by atoms with E-state index in [0.29, 0.717) is 31.1 Å². The molecule has 0 fully saturated rings. The summed E-state index contributed by atoms with van der Waals surface area (Å²) in [5, 5.41) is 13.3. The first-order valence-corrected chi connectivity index (χ1v) is 8.36. The molecule has 1 atom stereocenters. The number of hydrogen-bond acceptors (Lipinski definition) is 5. The largest absolute Gasteiger partial charge is 0.475 e. The summed E-state index contributed by atoms with van der Waals surface area (Å²) in [6.45, 7) is 3.29. The fraction of sp³-hybridized carbons (Fsp3) is 0.316. The molecule has 0 spiro atoms. The van der Waals surface area contributed by atoms with Crippen molar-refractivity contribution in [2.45, 2.75) is 12.8 Å². The predicted octanol–water partition coefficient (Wildman–Crippen LogP) is 3.00. The molecule has 1 aromatic heterocycles. The SMILES string of the molecule is COCCOC(=N)c1ccc(NC(=O)NCC(C)c2ccccc2)nc1. The van der Waals surface area contributed by atoms with Crippen LogP contribution in [0.25, 0.3) is 0 Å². The molecule has 2 rings (SSSR count). The second-order valence-electron chi connectivity index (χ2n) is 5.75. The van der Waals surface area contributed by atoms with Gasteiger partial charge in [0.05, 0.1) is 12.2 Å². The van der Waals surface area contributed by atoms with Crippen molar-refractivity contribution in [2.24, 2.45) is 0 Å². The number of nitrogens with one attached hydrogen (secondary N) is 3. The van der Waals surface area contributed by atoms with Gasteiger partial charge in [-0.25, -0.2) is 9.78 Å². The number of amides is 2. The molecule has 0 aliphatic carbocycles. The molecule has 3 N–H and O–H groups in total. The average Bonchev–Trinajstić information content (AvgIpc) is 2.67. The Morgan fingerprint density at radius 2 is 1.96 bits per heavy atom. The zero-order valence-electron chi connectivity index (χ0n) is 15.0. The summed E-state index contributed by atoms with van der Waals surface area (Å²) in [6, 6.07) is 13.0. The average molecular weight is 356 g/mol. The topological polar surface area (TPSA) is 96.3 Å². The van der Waals surface area contributed by atoms with Crippen molar-refractivity contribution in [2.75, 3.05) is 32.2 Å². The van der Waals surface area contributed by atoms with E-state index in [1.54, 1.807) is 19.2 Å². The van der Waals surface area contributed by atoms with E-state index in [1.165, 1.54) is 11.8 Å². The van der Waals surface area contributed by atoms with Gasteiger partial charge in [0.15, 0.2) is 0 Å². The highest BCUT2D eigenvalue weighted by molar-refractivity contribution is 5.92. The normalized spacial score (nSPS) is 11.5. The molecule has 1 heterocycles. The van der Waals surface area contributed by atoms with E-state index in [4.69, 9.17) is 14.9 Å². The van der Waals surface area contributed by atoms with Crippen LogP contribution in [-0.4, -0.2) is 43.8 Å². The number of benzene rings is 1. The predicted molar refractivity (Wildman–Crippen MR) is 101 cm³/mol. The van der Waals surface area contributed by atoms with Crippen LogP contribution >= 0.6 is 0 Å². The van der Waals surface area contributed by atoms with E-state index < -0.39 is 0 Å². The number of carbonyl (C=O) groups is 1. The van der Waals surface area contributed by atoms with Crippen LogP contribution in [0.4, 0.5) is 10.6 Å². The van der Waals surface area contributed by atoms with Crippen molar-refractivity contribution >= 4 is 17.7 Å². The second kappa shape index (κ2) is 10.1. The third kappa shape index (κ3) is 6.18. The maximum Gasteiger partial charge on any atom is 0.320 e. The summed E-state index contributed by atoms with van der Waals surface area (Å²) in [5.41, 5.74) is 1.70.